The van der Waals surface area contributed by atoms with Gasteiger partial charge >= 0.3 is 5.97 Å². The zero-order valence-electron chi connectivity index (χ0n) is 15.7. The number of hydrogen-bond donors (Lipinski definition) is 0. The lowest BCUT2D eigenvalue weighted by Gasteiger charge is -2.03. The summed E-state index contributed by atoms with van der Waals surface area (Å²) in [6.45, 7) is 3.00. The van der Waals surface area contributed by atoms with Gasteiger partial charge in [0.15, 0.2) is 0 Å². The van der Waals surface area contributed by atoms with Crippen LogP contribution in [0.1, 0.15) is 71.1 Å². The number of methoxy groups -OCH3 is 1. The molecule has 0 N–H and O–H groups in total. The molecule has 0 fully saturated rings. The summed E-state index contributed by atoms with van der Waals surface area (Å²) in [6, 6.07) is 0. The standard InChI is InChI=1S/C21H36O3/c1-3-4-5-6-7-8-9-10-11-12-13-14-15-16-17-18-21(22)24-20-19-23-2/h4-5,7-8,10-11H,3,6,9,12-20H2,1-2H3. The minimum atomic E-state index is -0.103. The fourth-order valence-corrected chi connectivity index (χ4v) is 2.20. The first-order valence-electron chi connectivity index (χ1n) is 9.40. The van der Waals surface area contributed by atoms with Gasteiger partial charge in [-0.1, -0.05) is 62.6 Å². The normalized spacial score (nSPS) is 11.9. The Bertz CT molecular complexity index is 356. The predicted octanol–water partition coefficient (Wildman–Crippen LogP) is 5.77. The van der Waals surface area contributed by atoms with Crippen molar-refractivity contribution >= 4 is 5.97 Å². The van der Waals surface area contributed by atoms with Crippen LogP contribution in [0.15, 0.2) is 36.5 Å². The zero-order valence-corrected chi connectivity index (χ0v) is 15.7. The molecule has 3 heteroatoms. The number of rotatable bonds is 16. The second-order valence-corrected chi connectivity index (χ2v) is 5.81. The average Bonchev–Trinajstić information content (AvgIpc) is 2.58. The summed E-state index contributed by atoms with van der Waals surface area (Å²) in [5, 5.41) is 0. The van der Waals surface area contributed by atoms with Crippen molar-refractivity contribution in [2.45, 2.75) is 71.1 Å². The van der Waals surface area contributed by atoms with Gasteiger partial charge in [-0.25, -0.2) is 0 Å². The second-order valence-electron chi connectivity index (χ2n) is 5.81. The van der Waals surface area contributed by atoms with E-state index in [9.17, 15) is 4.79 Å². The quantitative estimate of drug-likeness (QED) is 0.204. The molecule has 0 atom stereocenters. The lowest BCUT2D eigenvalue weighted by molar-refractivity contribution is -0.145. The Labute approximate surface area is 148 Å². The summed E-state index contributed by atoms with van der Waals surface area (Å²) >= 11 is 0. The highest BCUT2D eigenvalue weighted by molar-refractivity contribution is 5.69. The van der Waals surface area contributed by atoms with E-state index in [1.807, 2.05) is 0 Å². The van der Waals surface area contributed by atoms with Gasteiger partial charge in [-0.15, -0.1) is 0 Å². The van der Waals surface area contributed by atoms with Crippen molar-refractivity contribution in [2.75, 3.05) is 20.3 Å². The number of carbonyl (C=O) groups is 1. The van der Waals surface area contributed by atoms with Gasteiger partial charge in [0.2, 0.25) is 0 Å². The van der Waals surface area contributed by atoms with Gasteiger partial charge in [0, 0.05) is 13.5 Å². The van der Waals surface area contributed by atoms with Crippen molar-refractivity contribution in [3.8, 4) is 0 Å². The van der Waals surface area contributed by atoms with Crippen LogP contribution in [0.3, 0.4) is 0 Å². The third-order valence-electron chi connectivity index (χ3n) is 3.58. The topological polar surface area (TPSA) is 35.5 Å². The zero-order chi connectivity index (χ0) is 17.7. The Morgan fingerprint density at radius 1 is 0.792 bits per heavy atom. The van der Waals surface area contributed by atoms with Crippen LogP contribution in [0.5, 0.6) is 0 Å². The lowest BCUT2D eigenvalue weighted by atomic mass is 10.1. The van der Waals surface area contributed by atoms with E-state index in [1.165, 1.54) is 19.3 Å². The van der Waals surface area contributed by atoms with E-state index in [0.717, 1.165) is 38.5 Å². The van der Waals surface area contributed by atoms with E-state index in [1.54, 1.807) is 7.11 Å². The second kappa shape index (κ2) is 19.7. The largest absolute Gasteiger partial charge is 0.463 e. The maximum Gasteiger partial charge on any atom is 0.305 e. The van der Waals surface area contributed by atoms with Gasteiger partial charge in [0.25, 0.3) is 0 Å². The van der Waals surface area contributed by atoms with Crippen LogP contribution < -0.4 is 0 Å². The number of ether oxygens (including phenoxy) is 2. The van der Waals surface area contributed by atoms with Crippen molar-refractivity contribution in [3.63, 3.8) is 0 Å². The first-order chi connectivity index (χ1) is 11.8. The van der Waals surface area contributed by atoms with Crippen LogP contribution in [0, 0.1) is 0 Å². The molecule has 0 saturated carbocycles. The lowest BCUT2D eigenvalue weighted by Crippen LogP contribution is -2.09. The monoisotopic (exact) mass is 336 g/mol. The molecule has 0 aromatic rings. The van der Waals surface area contributed by atoms with Gasteiger partial charge in [-0.05, 0) is 38.5 Å². The summed E-state index contributed by atoms with van der Waals surface area (Å²) in [5.74, 6) is -0.103. The van der Waals surface area contributed by atoms with E-state index in [4.69, 9.17) is 9.47 Å². The predicted molar refractivity (Wildman–Crippen MR) is 102 cm³/mol. The summed E-state index contributed by atoms with van der Waals surface area (Å²) in [6.07, 6.45) is 24.0. The van der Waals surface area contributed by atoms with Crippen molar-refractivity contribution < 1.29 is 14.3 Å². The highest BCUT2D eigenvalue weighted by Crippen LogP contribution is 2.08. The van der Waals surface area contributed by atoms with Crippen molar-refractivity contribution in [1.82, 2.24) is 0 Å². The summed E-state index contributed by atoms with van der Waals surface area (Å²) in [7, 11) is 1.60. The molecule has 0 spiro atoms. The third-order valence-corrected chi connectivity index (χ3v) is 3.58. The Balaban J connectivity index is 3.28. The first-order valence-corrected chi connectivity index (χ1v) is 9.40. The van der Waals surface area contributed by atoms with Crippen molar-refractivity contribution in [3.05, 3.63) is 36.5 Å². The number of carbonyl (C=O) groups excluding carboxylic acids is 1. The molecule has 0 bridgehead atoms. The molecule has 0 heterocycles. The fraction of sp³-hybridized carbons (Fsp3) is 0.667. The van der Waals surface area contributed by atoms with Crippen LogP contribution in [0.2, 0.25) is 0 Å². The molecule has 0 aromatic heterocycles. The Morgan fingerprint density at radius 2 is 1.42 bits per heavy atom. The first kappa shape index (κ1) is 22.6. The Morgan fingerprint density at radius 3 is 2.12 bits per heavy atom. The van der Waals surface area contributed by atoms with E-state index in [-0.39, 0.29) is 5.97 Å². The highest BCUT2D eigenvalue weighted by Gasteiger charge is 2.01. The highest BCUT2D eigenvalue weighted by atomic mass is 16.6. The molecule has 0 aliphatic rings. The molecule has 3 nitrogen and oxygen atoms in total. The molecular weight excluding hydrogens is 300 g/mol. The molecule has 0 aromatic carbocycles. The minimum Gasteiger partial charge on any atom is -0.463 e. The molecule has 0 saturated heterocycles. The Hall–Kier alpha value is -1.35. The molecule has 0 rings (SSSR count). The fourth-order valence-electron chi connectivity index (χ4n) is 2.20. The smallest absolute Gasteiger partial charge is 0.305 e. The van der Waals surface area contributed by atoms with E-state index >= 15 is 0 Å². The molecule has 0 aliphatic heterocycles. The molecule has 24 heavy (non-hydrogen) atoms. The SMILES string of the molecule is CCC=CCC=CCC=CCCCCCCCC(=O)OCCOC. The number of hydrogen-bond acceptors (Lipinski definition) is 3. The van der Waals surface area contributed by atoms with Crippen molar-refractivity contribution in [2.24, 2.45) is 0 Å². The third kappa shape index (κ3) is 18.7. The molecule has 0 unspecified atom stereocenters. The summed E-state index contributed by atoms with van der Waals surface area (Å²) < 4.78 is 9.85. The molecule has 0 aliphatic carbocycles. The van der Waals surface area contributed by atoms with E-state index in [0.29, 0.717) is 19.6 Å². The summed E-state index contributed by atoms with van der Waals surface area (Å²) in [4.78, 5) is 11.4. The van der Waals surface area contributed by atoms with Crippen LogP contribution in [0.25, 0.3) is 0 Å². The van der Waals surface area contributed by atoms with E-state index in [2.05, 4.69) is 43.4 Å². The number of unbranched alkanes of at least 4 members (excludes halogenated alkanes) is 5. The van der Waals surface area contributed by atoms with Crippen LogP contribution in [-0.2, 0) is 14.3 Å². The molecule has 0 radical (unpaired) electrons. The van der Waals surface area contributed by atoms with Gasteiger partial charge in [0.1, 0.15) is 6.61 Å². The van der Waals surface area contributed by atoms with Crippen LogP contribution in [0.4, 0.5) is 0 Å². The van der Waals surface area contributed by atoms with Gasteiger partial charge < -0.3 is 9.47 Å². The molecule has 138 valence electrons. The van der Waals surface area contributed by atoms with E-state index < -0.39 is 0 Å². The molecule has 0 amide bonds. The van der Waals surface area contributed by atoms with Crippen molar-refractivity contribution in [1.29, 1.82) is 0 Å². The summed E-state index contributed by atoms with van der Waals surface area (Å²) in [5.41, 5.74) is 0. The van der Waals surface area contributed by atoms with Gasteiger partial charge in [-0.3, -0.25) is 4.79 Å². The molecular formula is C21H36O3. The maximum absolute atomic E-state index is 11.4. The van der Waals surface area contributed by atoms with Gasteiger partial charge in [0.05, 0.1) is 6.61 Å². The van der Waals surface area contributed by atoms with Gasteiger partial charge in [-0.2, -0.15) is 0 Å². The number of esters is 1. The van der Waals surface area contributed by atoms with Crippen LogP contribution >= 0.6 is 0 Å². The maximum atomic E-state index is 11.4. The Kier molecular flexibility index (Phi) is 18.6. The van der Waals surface area contributed by atoms with Crippen LogP contribution in [-0.4, -0.2) is 26.3 Å². The average molecular weight is 337 g/mol. The number of allylic oxidation sites excluding steroid dienone is 6. The minimum absolute atomic E-state index is 0.103.